The lowest BCUT2D eigenvalue weighted by Crippen LogP contribution is -2.35. The summed E-state index contributed by atoms with van der Waals surface area (Å²) in [6.45, 7) is 2.11. The summed E-state index contributed by atoms with van der Waals surface area (Å²) in [6, 6.07) is 5.09. The largest absolute Gasteiger partial charge is 0.491 e. The van der Waals surface area contributed by atoms with E-state index in [-0.39, 0.29) is 36.1 Å². The van der Waals surface area contributed by atoms with Crippen molar-refractivity contribution in [1.82, 2.24) is 10.6 Å². The SMILES string of the molecule is O=C(NCCOc1ccccc1C(F)(F)F)C1CC12CCNCC2. The predicted octanol–water partition coefficient (Wildman–Crippen LogP) is 2.59. The number of benzene rings is 1. The summed E-state index contributed by atoms with van der Waals surface area (Å²) in [5, 5.41) is 6.06. The average Bonchev–Trinajstić information content (AvgIpc) is 3.24. The molecule has 7 heteroatoms. The van der Waals surface area contributed by atoms with Crippen molar-refractivity contribution in [3.63, 3.8) is 0 Å². The molecular formula is C17H21F3N2O2. The molecule has 3 rings (SSSR count). The second-order valence-electron chi connectivity index (χ2n) is 6.50. The molecule has 1 spiro atoms. The van der Waals surface area contributed by atoms with E-state index in [1.165, 1.54) is 18.2 Å². The van der Waals surface area contributed by atoms with E-state index in [2.05, 4.69) is 10.6 Å². The van der Waals surface area contributed by atoms with E-state index in [0.29, 0.717) is 0 Å². The van der Waals surface area contributed by atoms with Gasteiger partial charge in [0.25, 0.3) is 0 Å². The molecule has 1 aliphatic heterocycles. The number of alkyl halides is 3. The van der Waals surface area contributed by atoms with E-state index in [9.17, 15) is 18.0 Å². The molecule has 1 aliphatic carbocycles. The average molecular weight is 342 g/mol. The minimum Gasteiger partial charge on any atom is -0.491 e. The van der Waals surface area contributed by atoms with Crippen LogP contribution < -0.4 is 15.4 Å². The van der Waals surface area contributed by atoms with Crippen LogP contribution in [-0.2, 0) is 11.0 Å². The van der Waals surface area contributed by atoms with Gasteiger partial charge in [-0.15, -0.1) is 0 Å². The number of ether oxygens (including phenoxy) is 1. The second kappa shape index (κ2) is 6.63. The van der Waals surface area contributed by atoms with E-state index >= 15 is 0 Å². The highest BCUT2D eigenvalue weighted by atomic mass is 19.4. The van der Waals surface area contributed by atoms with Crippen molar-refractivity contribution in [3.05, 3.63) is 29.8 Å². The van der Waals surface area contributed by atoms with E-state index in [4.69, 9.17) is 4.74 Å². The third-order valence-corrected chi connectivity index (χ3v) is 4.96. The van der Waals surface area contributed by atoms with Gasteiger partial charge in [0.2, 0.25) is 5.91 Å². The van der Waals surface area contributed by atoms with Crippen molar-refractivity contribution in [1.29, 1.82) is 0 Å². The fourth-order valence-electron chi connectivity index (χ4n) is 3.48. The molecule has 0 aromatic heterocycles. The van der Waals surface area contributed by atoms with Crippen LogP contribution in [0.3, 0.4) is 0 Å². The third-order valence-electron chi connectivity index (χ3n) is 4.96. The summed E-state index contributed by atoms with van der Waals surface area (Å²) in [5.74, 6) is -0.174. The Bertz CT molecular complexity index is 598. The Morgan fingerprint density at radius 3 is 2.71 bits per heavy atom. The van der Waals surface area contributed by atoms with Crippen LogP contribution in [-0.4, -0.2) is 32.1 Å². The fourth-order valence-corrected chi connectivity index (χ4v) is 3.48. The van der Waals surface area contributed by atoms with Gasteiger partial charge in [0.05, 0.1) is 12.1 Å². The van der Waals surface area contributed by atoms with Crippen molar-refractivity contribution in [2.75, 3.05) is 26.2 Å². The van der Waals surface area contributed by atoms with Gasteiger partial charge in [0.15, 0.2) is 0 Å². The van der Waals surface area contributed by atoms with E-state index in [0.717, 1.165) is 38.4 Å². The van der Waals surface area contributed by atoms with Crippen molar-refractivity contribution in [3.8, 4) is 5.75 Å². The summed E-state index contributed by atoms with van der Waals surface area (Å²) < 4.78 is 43.7. The van der Waals surface area contributed by atoms with Crippen LogP contribution in [0.1, 0.15) is 24.8 Å². The van der Waals surface area contributed by atoms with Gasteiger partial charge in [-0.3, -0.25) is 4.79 Å². The first kappa shape index (κ1) is 17.1. The van der Waals surface area contributed by atoms with Crippen LogP contribution >= 0.6 is 0 Å². The monoisotopic (exact) mass is 342 g/mol. The molecule has 2 aliphatic rings. The maximum atomic E-state index is 12.8. The Kier molecular flexibility index (Phi) is 4.71. The first-order valence-corrected chi connectivity index (χ1v) is 8.20. The molecule has 24 heavy (non-hydrogen) atoms. The number of rotatable bonds is 5. The molecule has 0 bridgehead atoms. The standard InChI is InChI=1S/C17H21F3N2O2/c18-17(19,20)12-3-1-2-4-14(12)24-10-9-22-15(23)13-11-16(13)5-7-21-8-6-16/h1-4,13,21H,5-11H2,(H,22,23). The summed E-state index contributed by atoms with van der Waals surface area (Å²) in [4.78, 5) is 12.1. The van der Waals surface area contributed by atoms with E-state index in [1.54, 1.807) is 0 Å². The number of carbonyl (C=O) groups excluding carboxylic acids is 1. The quantitative estimate of drug-likeness (QED) is 0.809. The topological polar surface area (TPSA) is 50.4 Å². The van der Waals surface area contributed by atoms with Gasteiger partial charge in [0, 0.05) is 5.92 Å². The maximum Gasteiger partial charge on any atom is 0.419 e. The molecule has 2 fully saturated rings. The first-order chi connectivity index (χ1) is 11.4. The molecule has 1 saturated heterocycles. The van der Waals surface area contributed by atoms with E-state index in [1.807, 2.05) is 0 Å². The zero-order chi connectivity index (χ0) is 17.2. The van der Waals surface area contributed by atoms with Gasteiger partial charge in [-0.25, -0.2) is 0 Å². The van der Waals surface area contributed by atoms with Gasteiger partial charge in [0.1, 0.15) is 12.4 Å². The van der Waals surface area contributed by atoms with Gasteiger partial charge < -0.3 is 15.4 Å². The van der Waals surface area contributed by atoms with Crippen molar-refractivity contribution < 1.29 is 22.7 Å². The predicted molar refractivity (Wildman–Crippen MR) is 82.6 cm³/mol. The molecule has 1 heterocycles. The van der Waals surface area contributed by atoms with Crippen molar-refractivity contribution >= 4 is 5.91 Å². The Balaban J connectivity index is 1.44. The number of carbonyl (C=O) groups is 1. The fraction of sp³-hybridized carbons (Fsp3) is 0.588. The van der Waals surface area contributed by atoms with Crippen molar-refractivity contribution in [2.45, 2.75) is 25.4 Å². The molecule has 0 radical (unpaired) electrons. The number of piperidine rings is 1. The van der Waals surface area contributed by atoms with Gasteiger partial charge in [-0.05, 0) is 49.9 Å². The maximum absolute atomic E-state index is 12.8. The van der Waals surface area contributed by atoms with E-state index < -0.39 is 11.7 Å². The van der Waals surface area contributed by atoms with Gasteiger partial charge >= 0.3 is 6.18 Å². The Morgan fingerprint density at radius 2 is 2.00 bits per heavy atom. The highest BCUT2D eigenvalue weighted by Gasteiger charge is 2.57. The number of para-hydroxylation sites is 1. The molecule has 1 unspecified atom stereocenters. The lowest BCUT2D eigenvalue weighted by Gasteiger charge is -2.23. The van der Waals surface area contributed by atoms with Crippen LogP contribution in [0.5, 0.6) is 5.75 Å². The number of halogens is 3. The highest BCUT2D eigenvalue weighted by Crippen LogP contribution is 2.58. The molecule has 4 nitrogen and oxygen atoms in total. The first-order valence-electron chi connectivity index (χ1n) is 8.20. The van der Waals surface area contributed by atoms with Gasteiger partial charge in [-0.2, -0.15) is 13.2 Å². The summed E-state index contributed by atoms with van der Waals surface area (Å²) >= 11 is 0. The van der Waals surface area contributed by atoms with Crippen LogP contribution in [0.25, 0.3) is 0 Å². The minimum atomic E-state index is -4.45. The molecule has 1 saturated carbocycles. The smallest absolute Gasteiger partial charge is 0.419 e. The van der Waals surface area contributed by atoms with Crippen molar-refractivity contribution in [2.24, 2.45) is 11.3 Å². The molecule has 1 aromatic rings. The molecule has 1 aromatic carbocycles. The number of amides is 1. The number of nitrogens with one attached hydrogen (secondary N) is 2. The third kappa shape index (κ3) is 3.66. The minimum absolute atomic E-state index is 0.00962. The Hall–Kier alpha value is -1.76. The van der Waals surface area contributed by atoms with Crippen LogP contribution in [0.4, 0.5) is 13.2 Å². The van der Waals surface area contributed by atoms with Crippen LogP contribution in [0, 0.1) is 11.3 Å². The molecule has 132 valence electrons. The summed E-state index contributed by atoms with van der Waals surface area (Å²) in [6.07, 6.45) is -1.51. The Labute approximate surface area is 138 Å². The van der Waals surface area contributed by atoms with Crippen LogP contribution in [0.15, 0.2) is 24.3 Å². The zero-order valence-electron chi connectivity index (χ0n) is 13.3. The molecule has 2 N–H and O–H groups in total. The second-order valence-corrected chi connectivity index (χ2v) is 6.50. The summed E-state index contributed by atoms with van der Waals surface area (Å²) in [5.41, 5.74) is -0.647. The number of hydrogen-bond acceptors (Lipinski definition) is 3. The lowest BCUT2D eigenvalue weighted by atomic mass is 9.92. The van der Waals surface area contributed by atoms with Crippen LogP contribution in [0.2, 0.25) is 0 Å². The zero-order valence-corrected chi connectivity index (χ0v) is 13.3. The molecule has 1 atom stereocenters. The normalized spacial score (nSPS) is 22.2. The molecule has 1 amide bonds. The van der Waals surface area contributed by atoms with Gasteiger partial charge in [-0.1, -0.05) is 12.1 Å². The Morgan fingerprint density at radius 1 is 1.29 bits per heavy atom. The molecular weight excluding hydrogens is 321 g/mol. The lowest BCUT2D eigenvalue weighted by molar-refractivity contribution is -0.139. The highest BCUT2D eigenvalue weighted by molar-refractivity contribution is 5.82. The number of hydrogen-bond donors (Lipinski definition) is 2. The summed E-state index contributed by atoms with van der Waals surface area (Å²) in [7, 11) is 0.